The van der Waals surface area contributed by atoms with Crippen LogP contribution < -0.4 is 10.1 Å². The average molecular weight is 459 g/mol. The van der Waals surface area contributed by atoms with Gasteiger partial charge in [-0.2, -0.15) is 10.2 Å². The predicted octanol–water partition coefficient (Wildman–Crippen LogP) is 3.76. The predicted molar refractivity (Wildman–Crippen MR) is 130 cm³/mol. The molecule has 0 unspecified atom stereocenters. The first-order chi connectivity index (χ1) is 16.6. The molecule has 9 heteroatoms. The van der Waals surface area contributed by atoms with Crippen molar-refractivity contribution in [3.8, 4) is 17.0 Å². The zero-order chi connectivity index (χ0) is 23.1. The smallest absolute Gasteiger partial charge is 0.165 e. The van der Waals surface area contributed by atoms with E-state index in [1.54, 1.807) is 0 Å². The molecule has 6 rings (SSSR count). The van der Waals surface area contributed by atoms with Gasteiger partial charge in [0.2, 0.25) is 0 Å². The molecule has 0 radical (unpaired) electrons. The van der Waals surface area contributed by atoms with Crippen molar-refractivity contribution in [2.24, 2.45) is 7.05 Å². The number of pyridine rings is 1. The summed E-state index contributed by atoms with van der Waals surface area (Å²) in [7, 11) is 1.96. The summed E-state index contributed by atoms with van der Waals surface area (Å²) in [6.45, 7) is 4.93. The maximum Gasteiger partial charge on any atom is 0.165 e. The van der Waals surface area contributed by atoms with Gasteiger partial charge in [-0.1, -0.05) is 0 Å². The Labute approximate surface area is 198 Å². The van der Waals surface area contributed by atoms with Crippen molar-refractivity contribution in [1.82, 2.24) is 34.3 Å². The third-order valence-corrected chi connectivity index (χ3v) is 6.82. The van der Waals surface area contributed by atoms with Crippen LogP contribution in [0.3, 0.4) is 0 Å². The van der Waals surface area contributed by atoms with E-state index in [2.05, 4.69) is 37.5 Å². The quantitative estimate of drug-likeness (QED) is 0.429. The van der Waals surface area contributed by atoms with Crippen LogP contribution in [0, 0.1) is 6.92 Å². The van der Waals surface area contributed by atoms with Gasteiger partial charge in [0.25, 0.3) is 0 Å². The van der Waals surface area contributed by atoms with Gasteiger partial charge in [-0.15, -0.1) is 0 Å². The summed E-state index contributed by atoms with van der Waals surface area (Å²) in [4.78, 5) is 12.0. The van der Waals surface area contributed by atoms with Crippen molar-refractivity contribution in [1.29, 1.82) is 0 Å². The zero-order valence-electron chi connectivity index (χ0n) is 19.7. The van der Waals surface area contributed by atoms with Crippen LogP contribution in [-0.4, -0.2) is 60.0 Å². The first-order valence-corrected chi connectivity index (χ1v) is 12.1. The molecule has 4 aromatic rings. The van der Waals surface area contributed by atoms with Gasteiger partial charge in [-0.25, -0.2) is 14.5 Å². The van der Waals surface area contributed by atoms with Gasteiger partial charge in [-0.05, 0) is 57.8 Å². The molecule has 2 aliphatic rings. The van der Waals surface area contributed by atoms with Gasteiger partial charge < -0.3 is 10.1 Å². The highest BCUT2D eigenvalue weighted by Crippen LogP contribution is 2.32. The molecule has 176 valence electrons. The molecule has 0 aromatic carbocycles. The van der Waals surface area contributed by atoms with E-state index >= 15 is 0 Å². The molecule has 6 heterocycles. The lowest BCUT2D eigenvalue weighted by molar-refractivity contribution is 0.171. The second kappa shape index (κ2) is 8.72. The van der Waals surface area contributed by atoms with Crippen LogP contribution in [-0.2, 0) is 13.5 Å². The fourth-order valence-corrected chi connectivity index (χ4v) is 5.15. The molecule has 1 N–H and O–H groups in total. The number of aryl methyl sites for hydroxylation is 3. The Morgan fingerprint density at radius 3 is 2.91 bits per heavy atom. The number of anilines is 2. The zero-order valence-corrected chi connectivity index (χ0v) is 19.7. The standard InChI is InChI=1S/C25H30N8O/c1-17-12-23-28-22(27-17)7-3-4-9-32-10-5-6-19(32)16-34-21-15-26-31(2)25(21)18-8-11-33-20(13-18)14-24(29-23)30-33/h8,11-15,19H,3-7,9-10,16H2,1-2H3,(H,27,28,29,30)/t19-/m1/s1. The molecule has 0 saturated carbocycles. The highest BCUT2D eigenvalue weighted by Gasteiger charge is 2.25. The van der Waals surface area contributed by atoms with Crippen molar-refractivity contribution in [3.63, 3.8) is 0 Å². The number of hydrogen-bond donors (Lipinski definition) is 1. The third kappa shape index (κ3) is 4.11. The minimum absolute atomic E-state index is 0.445. The number of aromatic nitrogens is 6. The number of hydrogen-bond acceptors (Lipinski definition) is 7. The second-order valence-corrected chi connectivity index (χ2v) is 9.33. The SMILES string of the molecule is Cc1cc2nc(n1)CCCCN1CCC[C@@H]1COc1cnn(C)c1-c1ccn3nc(cc3c1)N2. The molecule has 0 aliphatic carbocycles. The van der Waals surface area contributed by atoms with Gasteiger partial charge in [0, 0.05) is 49.1 Å². The Kier molecular flexibility index (Phi) is 5.41. The normalized spacial score (nSPS) is 19.2. The third-order valence-electron chi connectivity index (χ3n) is 6.82. The summed E-state index contributed by atoms with van der Waals surface area (Å²) in [6, 6.07) is 8.62. The Bertz CT molecular complexity index is 1330. The van der Waals surface area contributed by atoms with E-state index in [9.17, 15) is 0 Å². The highest BCUT2D eigenvalue weighted by atomic mass is 16.5. The van der Waals surface area contributed by atoms with Crippen molar-refractivity contribution in [2.75, 3.05) is 25.0 Å². The summed E-state index contributed by atoms with van der Waals surface area (Å²) in [6.07, 6.45) is 9.27. The molecule has 1 atom stereocenters. The molecule has 1 fully saturated rings. The molecule has 9 nitrogen and oxygen atoms in total. The van der Waals surface area contributed by atoms with Crippen molar-refractivity contribution in [3.05, 3.63) is 48.2 Å². The van der Waals surface area contributed by atoms with Crippen LogP contribution in [0.15, 0.2) is 36.7 Å². The van der Waals surface area contributed by atoms with Gasteiger partial charge in [0.05, 0.1) is 11.7 Å². The minimum Gasteiger partial charge on any atom is -0.488 e. The Balaban J connectivity index is 1.39. The summed E-state index contributed by atoms with van der Waals surface area (Å²) < 4.78 is 10.1. The lowest BCUT2D eigenvalue weighted by Crippen LogP contribution is -2.35. The lowest BCUT2D eigenvalue weighted by Gasteiger charge is -2.24. The summed E-state index contributed by atoms with van der Waals surface area (Å²) in [5, 5.41) is 12.5. The van der Waals surface area contributed by atoms with E-state index in [-0.39, 0.29) is 0 Å². The van der Waals surface area contributed by atoms with Crippen LogP contribution >= 0.6 is 0 Å². The maximum atomic E-state index is 6.37. The fourth-order valence-electron chi connectivity index (χ4n) is 5.15. The Hall–Kier alpha value is -3.46. The van der Waals surface area contributed by atoms with E-state index in [0.29, 0.717) is 12.6 Å². The van der Waals surface area contributed by atoms with Crippen molar-refractivity contribution < 1.29 is 4.74 Å². The summed E-state index contributed by atoms with van der Waals surface area (Å²) in [5.74, 6) is 3.25. The first kappa shape index (κ1) is 21.1. The molecule has 0 amide bonds. The molecule has 5 bridgehead atoms. The molecule has 34 heavy (non-hydrogen) atoms. The molecule has 4 aromatic heterocycles. The largest absolute Gasteiger partial charge is 0.488 e. The average Bonchev–Trinajstić information content (AvgIpc) is 3.52. The topological polar surface area (TPSA) is 85.4 Å². The molecular weight excluding hydrogens is 428 g/mol. The van der Waals surface area contributed by atoms with E-state index in [0.717, 1.165) is 78.0 Å². The van der Waals surface area contributed by atoms with Gasteiger partial charge in [-0.3, -0.25) is 9.58 Å². The van der Waals surface area contributed by atoms with Gasteiger partial charge in [0.15, 0.2) is 11.6 Å². The van der Waals surface area contributed by atoms with E-state index in [4.69, 9.17) is 9.72 Å². The van der Waals surface area contributed by atoms with Crippen molar-refractivity contribution >= 4 is 17.2 Å². The monoisotopic (exact) mass is 458 g/mol. The summed E-state index contributed by atoms with van der Waals surface area (Å²) >= 11 is 0. The van der Waals surface area contributed by atoms with Gasteiger partial charge in [0.1, 0.15) is 23.9 Å². The Morgan fingerprint density at radius 1 is 1.06 bits per heavy atom. The Morgan fingerprint density at radius 2 is 1.97 bits per heavy atom. The number of fused-ring (bicyclic) bond motifs is 7. The highest BCUT2D eigenvalue weighted by molar-refractivity contribution is 5.72. The van der Waals surface area contributed by atoms with Crippen LogP contribution in [0.1, 0.15) is 37.2 Å². The van der Waals surface area contributed by atoms with E-state index in [1.807, 2.05) is 47.7 Å². The summed E-state index contributed by atoms with van der Waals surface area (Å²) in [5.41, 5.74) is 3.98. The number of nitrogens with zero attached hydrogens (tertiary/aromatic N) is 7. The molecule has 2 aliphatic heterocycles. The van der Waals surface area contributed by atoms with Crippen LogP contribution in [0.2, 0.25) is 0 Å². The van der Waals surface area contributed by atoms with Gasteiger partial charge >= 0.3 is 0 Å². The number of ether oxygens (including phenoxy) is 1. The van der Waals surface area contributed by atoms with E-state index < -0.39 is 0 Å². The lowest BCUT2D eigenvalue weighted by atomic mass is 10.1. The molecule has 1 saturated heterocycles. The van der Waals surface area contributed by atoms with Crippen LogP contribution in [0.5, 0.6) is 5.75 Å². The second-order valence-electron chi connectivity index (χ2n) is 9.33. The van der Waals surface area contributed by atoms with Crippen molar-refractivity contribution in [2.45, 2.75) is 45.1 Å². The fraction of sp³-hybridized carbons (Fsp3) is 0.440. The molecule has 0 spiro atoms. The maximum absolute atomic E-state index is 6.37. The molecular formula is C25H30N8O. The number of nitrogens with one attached hydrogen (secondary N) is 1. The minimum atomic E-state index is 0.445. The van der Waals surface area contributed by atoms with Crippen LogP contribution in [0.4, 0.5) is 11.6 Å². The van der Waals surface area contributed by atoms with E-state index in [1.165, 1.54) is 12.8 Å². The first-order valence-electron chi connectivity index (χ1n) is 12.1. The number of rotatable bonds is 0. The van der Waals surface area contributed by atoms with Crippen LogP contribution in [0.25, 0.3) is 16.8 Å².